The number of alkyl halides is 1. The number of pyridine rings is 1. The molecule has 1 heterocycles. The number of hydrogen-bond donors (Lipinski definition) is 0. The number of halogens is 1. The molecule has 0 radical (unpaired) electrons. The standard InChI is InChI=1S/C26H38FNO/c1-3-4-5-6-7-8-9-10-11-12-13-23-14-16-24(17-15-23)26-19-18-25(20-28-26)29-21-22(2)27/h14-20,22H,3-13,21H2,1-2H3. The molecule has 2 rings (SSSR count). The maximum atomic E-state index is 12.8. The summed E-state index contributed by atoms with van der Waals surface area (Å²) in [6.45, 7) is 3.82. The van der Waals surface area contributed by atoms with Crippen LogP contribution in [0.25, 0.3) is 11.3 Å². The summed E-state index contributed by atoms with van der Waals surface area (Å²) in [6, 6.07) is 12.5. The van der Waals surface area contributed by atoms with Gasteiger partial charge in [0.15, 0.2) is 0 Å². The first-order chi connectivity index (χ1) is 14.2. The second-order valence-corrected chi connectivity index (χ2v) is 8.10. The van der Waals surface area contributed by atoms with E-state index in [1.54, 1.807) is 6.20 Å². The van der Waals surface area contributed by atoms with Crippen LogP contribution in [0.4, 0.5) is 4.39 Å². The van der Waals surface area contributed by atoms with Crippen LogP contribution in [-0.4, -0.2) is 17.8 Å². The molecule has 29 heavy (non-hydrogen) atoms. The molecule has 0 aliphatic heterocycles. The zero-order valence-electron chi connectivity index (χ0n) is 18.3. The summed E-state index contributed by atoms with van der Waals surface area (Å²) in [6.07, 6.45) is 15.6. The summed E-state index contributed by atoms with van der Waals surface area (Å²) in [7, 11) is 0. The first kappa shape index (κ1) is 23.4. The topological polar surface area (TPSA) is 22.1 Å². The van der Waals surface area contributed by atoms with Crippen LogP contribution in [0.1, 0.15) is 83.6 Å². The molecule has 0 amide bonds. The first-order valence-corrected chi connectivity index (χ1v) is 11.5. The van der Waals surface area contributed by atoms with Crippen molar-refractivity contribution in [2.45, 2.75) is 90.6 Å². The maximum absolute atomic E-state index is 12.8. The highest BCUT2D eigenvalue weighted by molar-refractivity contribution is 5.59. The van der Waals surface area contributed by atoms with E-state index in [-0.39, 0.29) is 6.61 Å². The lowest BCUT2D eigenvalue weighted by Gasteiger charge is -2.08. The predicted octanol–water partition coefficient (Wildman–Crippen LogP) is 7.95. The van der Waals surface area contributed by atoms with Gasteiger partial charge in [-0.2, -0.15) is 0 Å². The number of aromatic nitrogens is 1. The average molecular weight is 400 g/mol. The van der Waals surface area contributed by atoms with Crippen molar-refractivity contribution in [2.75, 3.05) is 6.61 Å². The van der Waals surface area contributed by atoms with Crippen molar-refractivity contribution < 1.29 is 9.13 Å². The lowest BCUT2D eigenvalue weighted by atomic mass is 10.0. The number of nitrogens with zero attached hydrogens (tertiary/aromatic N) is 1. The van der Waals surface area contributed by atoms with E-state index in [1.807, 2.05) is 12.1 Å². The Bertz CT molecular complexity index is 651. The van der Waals surface area contributed by atoms with Crippen LogP contribution in [0.5, 0.6) is 5.75 Å². The summed E-state index contributed by atoms with van der Waals surface area (Å²) in [5, 5.41) is 0. The van der Waals surface area contributed by atoms with Gasteiger partial charge in [0.05, 0.1) is 11.9 Å². The third-order valence-corrected chi connectivity index (χ3v) is 5.28. The van der Waals surface area contributed by atoms with Crippen molar-refractivity contribution in [1.29, 1.82) is 0 Å². The second-order valence-electron chi connectivity index (χ2n) is 8.10. The van der Waals surface area contributed by atoms with Crippen LogP contribution in [0.2, 0.25) is 0 Å². The Kier molecular flexibility index (Phi) is 11.4. The van der Waals surface area contributed by atoms with Gasteiger partial charge in [0, 0.05) is 5.56 Å². The smallest absolute Gasteiger partial charge is 0.137 e. The van der Waals surface area contributed by atoms with Gasteiger partial charge in [-0.15, -0.1) is 0 Å². The summed E-state index contributed by atoms with van der Waals surface area (Å²) in [4.78, 5) is 4.44. The van der Waals surface area contributed by atoms with Crippen molar-refractivity contribution >= 4 is 0 Å². The van der Waals surface area contributed by atoms with E-state index in [0.717, 1.165) is 17.7 Å². The molecule has 160 valence electrons. The normalized spacial score (nSPS) is 12.1. The SMILES string of the molecule is CCCCCCCCCCCCc1ccc(-c2ccc(OCC(C)F)cn2)cc1. The molecular weight excluding hydrogens is 361 g/mol. The molecule has 2 aromatic rings. The van der Waals surface area contributed by atoms with Crippen LogP contribution in [-0.2, 0) is 6.42 Å². The third-order valence-electron chi connectivity index (χ3n) is 5.28. The Labute approximate surface area is 176 Å². The maximum Gasteiger partial charge on any atom is 0.137 e. The lowest BCUT2D eigenvalue weighted by molar-refractivity contribution is 0.209. The van der Waals surface area contributed by atoms with Gasteiger partial charge >= 0.3 is 0 Å². The Morgan fingerprint density at radius 2 is 1.45 bits per heavy atom. The van der Waals surface area contributed by atoms with Crippen LogP contribution in [0, 0.1) is 0 Å². The quantitative estimate of drug-likeness (QED) is 0.283. The molecule has 1 atom stereocenters. The van der Waals surface area contributed by atoms with Crippen molar-refractivity contribution in [3.05, 3.63) is 48.2 Å². The minimum Gasteiger partial charge on any atom is -0.489 e. The summed E-state index contributed by atoms with van der Waals surface area (Å²) in [5.74, 6) is 0.607. The Morgan fingerprint density at radius 3 is 2.00 bits per heavy atom. The van der Waals surface area contributed by atoms with Gasteiger partial charge in [0.2, 0.25) is 0 Å². The van der Waals surface area contributed by atoms with Crippen LogP contribution in [0.3, 0.4) is 0 Å². The lowest BCUT2D eigenvalue weighted by Crippen LogP contribution is -2.08. The molecule has 0 spiro atoms. The van der Waals surface area contributed by atoms with E-state index in [9.17, 15) is 4.39 Å². The average Bonchev–Trinajstić information content (AvgIpc) is 2.74. The molecule has 0 saturated heterocycles. The van der Waals surface area contributed by atoms with Gasteiger partial charge in [-0.05, 0) is 37.5 Å². The van der Waals surface area contributed by atoms with Gasteiger partial charge in [0.1, 0.15) is 18.5 Å². The minimum atomic E-state index is -0.974. The molecule has 0 aliphatic rings. The van der Waals surface area contributed by atoms with Gasteiger partial charge in [-0.25, -0.2) is 4.39 Å². The fraction of sp³-hybridized carbons (Fsp3) is 0.577. The summed E-state index contributed by atoms with van der Waals surface area (Å²) < 4.78 is 18.2. The van der Waals surface area contributed by atoms with Crippen LogP contribution >= 0.6 is 0 Å². The zero-order chi connectivity index (χ0) is 20.7. The number of rotatable bonds is 15. The highest BCUT2D eigenvalue weighted by Gasteiger charge is 2.03. The number of aryl methyl sites for hydroxylation is 1. The molecule has 0 bridgehead atoms. The van der Waals surface area contributed by atoms with E-state index in [2.05, 4.69) is 36.2 Å². The molecule has 0 saturated carbocycles. The monoisotopic (exact) mass is 399 g/mol. The first-order valence-electron chi connectivity index (χ1n) is 11.5. The number of ether oxygens (including phenoxy) is 1. The van der Waals surface area contributed by atoms with Crippen molar-refractivity contribution in [2.24, 2.45) is 0 Å². The van der Waals surface area contributed by atoms with E-state index in [0.29, 0.717) is 5.75 Å². The Hall–Kier alpha value is -1.90. The second kappa shape index (κ2) is 14.1. The number of hydrogen-bond acceptors (Lipinski definition) is 2. The van der Waals surface area contributed by atoms with E-state index in [1.165, 1.54) is 76.7 Å². The molecule has 0 aliphatic carbocycles. The molecule has 0 fully saturated rings. The highest BCUT2D eigenvalue weighted by Crippen LogP contribution is 2.21. The molecular formula is C26H38FNO. The number of benzene rings is 1. The Morgan fingerprint density at radius 1 is 0.828 bits per heavy atom. The van der Waals surface area contributed by atoms with Crippen LogP contribution < -0.4 is 4.74 Å². The molecule has 1 aromatic carbocycles. The molecule has 0 N–H and O–H groups in total. The molecule has 3 heteroatoms. The third kappa shape index (κ3) is 9.92. The largest absolute Gasteiger partial charge is 0.489 e. The van der Waals surface area contributed by atoms with Crippen molar-refractivity contribution in [3.63, 3.8) is 0 Å². The van der Waals surface area contributed by atoms with E-state index >= 15 is 0 Å². The van der Waals surface area contributed by atoms with Gasteiger partial charge in [0.25, 0.3) is 0 Å². The van der Waals surface area contributed by atoms with Crippen molar-refractivity contribution in [1.82, 2.24) is 4.98 Å². The fourth-order valence-electron chi connectivity index (χ4n) is 3.51. The fourth-order valence-corrected chi connectivity index (χ4v) is 3.51. The van der Waals surface area contributed by atoms with E-state index in [4.69, 9.17) is 4.74 Å². The molecule has 1 unspecified atom stereocenters. The summed E-state index contributed by atoms with van der Waals surface area (Å²) in [5.41, 5.74) is 3.41. The highest BCUT2D eigenvalue weighted by atomic mass is 19.1. The van der Waals surface area contributed by atoms with E-state index < -0.39 is 6.17 Å². The Balaban J connectivity index is 1.63. The number of unbranched alkanes of at least 4 members (excludes halogenated alkanes) is 9. The molecule has 2 nitrogen and oxygen atoms in total. The van der Waals surface area contributed by atoms with Gasteiger partial charge in [-0.1, -0.05) is 89.0 Å². The summed E-state index contributed by atoms with van der Waals surface area (Å²) >= 11 is 0. The molecule has 1 aromatic heterocycles. The van der Waals surface area contributed by atoms with Crippen molar-refractivity contribution in [3.8, 4) is 17.0 Å². The zero-order valence-corrected chi connectivity index (χ0v) is 18.3. The van der Waals surface area contributed by atoms with Gasteiger partial charge < -0.3 is 4.74 Å². The van der Waals surface area contributed by atoms with Gasteiger partial charge in [-0.3, -0.25) is 4.98 Å². The predicted molar refractivity (Wildman–Crippen MR) is 121 cm³/mol. The minimum absolute atomic E-state index is 0.0642. The van der Waals surface area contributed by atoms with Crippen LogP contribution in [0.15, 0.2) is 42.6 Å².